The highest BCUT2D eigenvalue weighted by Gasteiger charge is 2.49. The van der Waals surface area contributed by atoms with E-state index in [0.29, 0.717) is 18.4 Å². The Bertz CT molecular complexity index is 1960. The van der Waals surface area contributed by atoms with Crippen LogP contribution >= 0.6 is 11.3 Å². The maximum absolute atomic E-state index is 15.1. The van der Waals surface area contributed by atoms with Crippen molar-refractivity contribution in [3.63, 3.8) is 0 Å². The fourth-order valence-corrected chi connectivity index (χ4v) is 9.20. The lowest BCUT2D eigenvalue weighted by Crippen LogP contribution is -2.52. The number of Topliss-reactive ketones (excluding diaryl/α,β-unsaturated/α-hetero) is 1. The highest BCUT2D eigenvalue weighted by molar-refractivity contribution is 7.18. The van der Waals surface area contributed by atoms with Crippen molar-refractivity contribution in [2.45, 2.75) is 137 Å². The van der Waals surface area contributed by atoms with Gasteiger partial charge in [0.15, 0.2) is 8.32 Å². The minimum Gasteiger partial charge on any atom is -0.457 e. The van der Waals surface area contributed by atoms with Gasteiger partial charge in [0.1, 0.15) is 24.6 Å². The van der Waals surface area contributed by atoms with E-state index in [2.05, 4.69) is 65.4 Å². The number of non-ortho nitro benzene ring substituents is 1. The van der Waals surface area contributed by atoms with Crippen LogP contribution in [-0.2, 0) is 34.8 Å². The second kappa shape index (κ2) is 19.0. The summed E-state index contributed by atoms with van der Waals surface area (Å²) in [6.45, 7) is 24.1. The number of carbonyl (C=O) groups is 3. The number of aromatic nitrogens is 1. The second-order valence-electron chi connectivity index (χ2n) is 17.4. The molecule has 5 atom stereocenters. The average Bonchev–Trinajstić information content (AvgIpc) is 3.51. The standard InChI is InChI=1S/C44H60N2O9SSi/c1-12-15-34-40(55-57(10,11)43(5,6)7)29(3)17-13-16-28(2)20-22-36(32-21-23-37-35(25-32)45-30(4)56-37)53-39(47)26-38(44(8,9)41(34)48)54-42(49)52-27-31-18-14-19-33(24-31)46(50)51/h12,14,18-21,23-25,29,34,36,38,40H,1,13,15-17,22,26-27H2,2-11H3/t29-,34+,36-,38-,40-/m0/s1. The number of nitro groups is 1. The zero-order valence-corrected chi connectivity index (χ0v) is 37.0. The van der Waals surface area contributed by atoms with E-state index in [1.807, 2.05) is 25.1 Å². The highest BCUT2D eigenvalue weighted by atomic mass is 32.1. The number of nitrogens with zero attached hydrogens (tertiary/aromatic N) is 2. The molecule has 0 amide bonds. The number of aryl methyl sites for hydroxylation is 1. The Kier molecular flexibility index (Phi) is 15.2. The molecule has 2 aromatic carbocycles. The molecular weight excluding hydrogens is 761 g/mol. The normalized spacial score (nSPS) is 23.0. The van der Waals surface area contributed by atoms with E-state index >= 15 is 4.79 Å². The fraction of sp³-hybridized carbons (Fsp3) is 0.545. The van der Waals surface area contributed by atoms with E-state index in [4.69, 9.17) is 18.6 Å². The molecule has 11 nitrogen and oxygen atoms in total. The van der Waals surface area contributed by atoms with Gasteiger partial charge in [-0.1, -0.05) is 63.6 Å². The molecule has 0 aliphatic carbocycles. The lowest BCUT2D eigenvalue weighted by Gasteiger charge is -2.45. The first-order chi connectivity index (χ1) is 26.6. The lowest BCUT2D eigenvalue weighted by atomic mass is 9.71. The van der Waals surface area contributed by atoms with Crippen molar-refractivity contribution in [1.82, 2.24) is 4.98 Å². The van der Waals surface area contributed by atoms with Gasteiger partial charge in [-0.3, -0.25) is 19.7 Å². The van der Waals surface area contributed by atoms with E-state index in [1.54, 1.807) is 37.3 Å². The van der Waals surface area contributed by atoms with E-state index in [1.165, 1.54) is 18.2 Å². The van der Waals surface area contributed by atoms with Gasteiger partial charge in [-0.25, -0.2) is 9.78 Å². The van der Waals surface area contributed by atoms with Crippen LogP contribution in [0.25, 0.3) is 10.2 Å². The Labute approximate surface area is 342 Å². The number of thiazole rings is 1. The molecule has 0 fully saturated rings. The van der Waals surface area contributed by atoms with E-state index in [9.17, 15) is 19.7 Å². The van der Waals surface area contributed by atoms with E-state index in [-0.39, 0.29) is 29.0 Å². The Hall–Kier alpha value is -4.20. The molecule has 0 saturated carbocycles. The second-order valence-corrected chi connectivity index (χ2v) is 23.4. The first-order valence-corrected chi connectivity index (χ1v) is 23.5. The number of esters is 1. The minimum atomic E-state index is -2.41. The Morgan fingerprint density at radius 1 is 1.16 bits per heavy atom. The number of benzene rings is 2. The summed E-state index contributed by atoms with van der Waals surface area (Å²) in [6.07, 6.45) is 3.09. The predicted molar refractivity (Wildman–Crippen MR) is 227 cm³/mol. The monoisotopic (exact) mass is 820 g/mol. The van der Waals surface area contributed by atoms with Crippen molar-refractivity contribution in [3.8, 4) is 0 Å². The molecule has 0 bridgehead atoms. The predicted octanol–water partition coefficient (Wildman–Crippen LogP) is 11.5. The van der Waals surface area contributed by atoms with Crippen molar-refractivity contribution in [2.75, 3.05) is 0 Å². The van der Waals surface area contributed by atoms with Gasteiger partial charge in [0, 0.05) is 24.5 Å². The number of ether oxygens (including phenoxy) is 3. The molecule has 1 aliphatic heterocycles. The summed E-state index contributed by atoms with van der Waals surface area (Å²) in [5, 5.41) is 12.1. The number of ketones is 1. The molecule has 0 saturated heterocycles. The van der Waals surface area contributed by atoms with Gasteiger partial charge < -0.3 is 18.6 Å². The van der Waals surface area contributed by atoms with Crippen molar-refractivity contribution in [1.29, 1.82) is 0 Å². The molecule has 3 aromatic rings. The van der Waals surface area contributed by atoms with Crippen LogP contribution in [0.2, 0.25) is 18.1 Å². The first-order valence-electron chi connectivity index (χ1n) is 19.7. The molecule has 0 N–H and O–H groups in total. The Morgan fingerprint density at radius 3 is 2.54 bits per heavy atom. The lowest BCUT2D eigenvalue weighted by molar-refractivity contribution is -0.384. The number of hydrogen-bond acceptors (Lipinski definition) is 11. The SMILES string of the molecule is C=CC[C@H]1C(=O)C(C)(C)[C@@H](OC(=O)OCc2cccc([N+](=O)[O-])c2)CC(=O)O[C@H](c2ccc3sc(C)nc3c2)CC=C(C)CCC[C@H](C)[C@@H]1O[Si](C)(C)C(C)(C)C. The van der Waals surface area contributed by atoms with Crippen LogP contribution < -0.4 is 0 Å². The van der Waals surface area contributed by atoms with Crippen LogP contribution in [0.15, 0.2) is 66.8 Å². The van der Waals surface area contributed by atoms with Gasteiger partial charge in [-0.15, -0.1) is 17.9 Å². The third-order valence-corrected chi connectivity index (χ3v) is 17.0. The van der Waals surface area contributed by atoms with Crippen molar-refractivity contribution < 1.29 is 37.9 Å². The average molecular weight is 821 g/mol. The van der Waals surface area contributed by atoms with Crippen LogP contribution in [0.1, 0.15) is 109 Å². The molecule has 0 spiro atoms. The summed E-state index contributed by atoms with van der Waals surface area (Å²) in [7, 11) is -2.41. The number of nitro benzene ring substituents is 1. The van der Waals surface area contributed by atoms with Gasteiger partial charge in [0.25, 0.3) is 5.69 Å². The zero-order valence-electron chi connectivity index (χ0n) is 35.2. The number of allylic oxidation sites excluding steroid dienone is 2. The molecule has 0 radical (unpaired) electrons. The molecule has 13 heteroatoms. The number of rotatable bonds is 9. The van der Waals surface area contributed by atoms with Gasteiger partial charge in [0.05, 0.1) is 38.1 Å². The maximum atomic E-state index is 15.1. The van der Waals surface area contributed by atoms with E-state index < -0.39 is 61.4 Å². The van der Waals surface area contributed by atoms with E-state index in [0.717, 1.165) is 45.6 Å². The van der Waals surface area contributed by atoms with Gasteiger partial charge in [-0.2, -0.15) is 0 Å². The third kappa shape index (κ3) is 11.9. The van der Waals surface area contributed by atoms with Crippen LogP contribution in [0, 0.1) is 34.3 Å². The topological polar surface area (TPSA) is 144 Å². The van der Waals surface area contributed by atoms with Crippen molar-refractivity contribution in [3.05, 3.63) is 93.0 Å². The quantitative estimate of drug-likeness (QED) is 0.0672. The van der Waals surface area contributed by atoms with Crippen molar-refractivity contribution in [2.24, 2.45) is 17.3 Å². The summed E-state index contributed by atoms with van der Waals surface area (Å²) in [4.78, 5) is 58.1. The minimum absolute atomic E-state index is 0.00481. The number of carbonyl (C=O) groups excluding carboxylic acids is 3. The summed E-state index contributed by atoms with van der Waals surface area (Å²) in [6, 6.07) is 11.6. The first kappa shape index (κ1) is 45.5. The molecule has 2 heterocycles. The van der Waals surface area contributed by atoms with Crippen LogP contribution in [0.4, 0.5) is 10.5 Å². The molecule has 1 aromatic heterocycles. The zero-order chi connectivity index (χ0) is 42.3. The molecule has 57 heavy (non-hydrogen) atoms. The fourth-order valence-electron chi connectivity index (χ4n) is 6.96. The van der Waals surface area contributed by atoms with Crippen molar-refractivity contribution >= 4 is 53.5 Å². The number of cyclic esters (lactones) is 1. The smallest absolute Gasteiger partial charge is 0.457 e. The van der Waals surface area contributed by atoms with Gasteiger partial charge in [-0.05, 0) is 101 Å². The van der Waals surface area contributed by atoms with Crippen LogP contribution in [0.3, 0.4) is 0 Å². The van der Waals surface area contributed by atoms with Gasteiger partial charge in [0.2, 0.25) is 0 Å². The summed E-state index contributed by atoms with van der Waals surface area (Å²) >= 11 is 1.59. The molecule has 4 rings (SSSR count). The summed E-state index contributed by atoms with van der Waals surface area (Å²) in [5.41, 5.74) is 1.55. The van der Waals surface area contributed by atoms with Gasteiger partial charge >= 0.3 is 12.1 Å². The molecule has 0 unspecified atom stereocenters. The van der Waals surface area contributed by atoms with Crippen LogP contribution in [-0.4, -0.2) is 48.3 Å². The molecular formula is C44H60N2O9SSi. The Balaban J connectivity index is 1.76. The van der Waals surface area contributed by atoms with Crippen LogP contribution in [0.5, 0.6) is 0 Å². The molecule has 310 valence electrons. The maximum Gasteiger partial charge on any atom is 0.508 e. The Morgan fingerprint density at radius 2 is 1.88 bits per heavy atom. The summed E-state index contributed by atoms with van der Waals surface area (Å²) < 4.78 is 25.7. The highest BCUT2D eigenvalue weighted by Crippen LogP contribution is 2.43. The largest absolute Gasteiger partial charge is 0.508 e. The summed E-state index contributed by atoms with van der Waals surface area (Å²) in [5.74, 6) is -1.55. The third-order valence-electron chi connectivity index (χ3n) is 11.5. The number of fused-ring (bicyclic) bond motifs is 1. The number of hydrogen-bond donors (Lipinski definition) is 0. The molecule has 1 aliphatic rings.